The zero-order valence-electron chi connectivity index (χ0n) is 18.3. The first-order valence-electron chi connectivity index (χ1n) is 10.3. The first kappa shape index (κ1) is 22.5. The van der Waals surface area contributed by atoms with Crippen LogP contribution in [0, 0.1) is 12.7 Å². The molecule has 0 spiro atoms. The maximum absolute atomic E-state index is 13.5. The number of thioether (sulfide) groups is 1. The topological polar surface area (TPSA) is 69.0 Å². The number of nitrogens with one attached hydrogen (secondary N) is 1. The molecule has 8 heteroatoms. The minimum Gasteiger partial charge on any atom is -0.497 e. The van der Waals surface area contributed by atoms with Crippen molar-refractivity contribution in [1.82, 2.24) is 20.1 Å². The van der Waals surface area contributed by atoms with E-state index in [9.17, 15) is 9.18 Å². The minimum absolute atomic E-state index is 0.167. The number of methoxy groups -OCH3 is 1. The van der Waals surface area contributed by atoms with Gasteiger partial charge in [0, 0.05) is 17.0 Å². The average molecular weight is 463 g/mol. The van der Waals surface area contributed by atoms with E-state index in [1.165, 1.54) is 35.0 Å². The normalized spacial score (nSPS) is 10.8. The third-order valence-electron chi connectivity index (χ3n) is 4.99. The van der Waals surface area contributed by atoms with Gasteiger partial charge in [0.15, 0.2) is 11.0 Å². The highest BCUT2D eigenvalue weighted by Gasteiger charge is 2.16. The molecule has 0 bridgehead atoms. The highest BCUT2D eigenvalue weighted by Crippen LogP contribution is 2.26. The SMILES string of the molecule is COc1ccc(C(=O)NCc2nnc(SCc3cccc(C)c3)n2-c2ccc(F)cc2)cc1. The summed E-state index contributed by atoms with van der Waals surface area (Å²) in [5.41, 5.74) is 3.59. The molecule has 0 radical (unpaired) electrons. The van der Waals surface area contributed by atoms with E-state index in [1.807, 2.05) is 10.6 Å². The molecule has 4 rings (SSSR count). The Morgan fingerprint density at radius 3 is 2.52 bits per heavy atom. The standard InChI is InChI=1S/C25H23FN4O2S/c1-17-4-3-5-18(14-17)16-33-25-29-28-23(30(25)21-10-8-20(26)9-11-21)15-27-24(31)19-6-12-22(32-2)13-7-19/h3-14H,15-16H2,1-2H3,(H,27,31). The number of carbonyl (C=O) groups is 1. The number of hydrogen-bond acceptors (Lipinski definition) is 5. The van der Waals surface area contributed by atoms with E-state index in [-0.39, 0.29) is 18.3 Å². The van der Waals surface area contributed by atoms with Crippen LogP contribution in [-0.4, -0.2) is 27.8 Å². The van der Waals surface area contributed by atoms with Gasteiger partial charge in [-0.05, 0) is 61.0 Å². The van der Waals surface area contributed by atoms with E-state index < -0.39 is 0 Å². The highest BCUT2D eigenvalue weighted by atomic mass is 32.2. The fraction of sp³-hybridized carbons (Fsp3) is 0.160. The van der Waals surface area contributed by atoms with Crippen molar-refractivity contribution >= 4 is 17.7 Å². The molecule has 33 heavy (non-hydrogen) atoms. The second kappa shape index (κ2) is 10.3. The molecule has 0 aliphatic rings. The van der Waals surface area contributed by atoms with Crippen LogP contribution in [0.2, 0.25) is 0 Å². The molecule has 1 N–H and O–H groups in total. The van der Waals surface area contributed by atoms with Gasteiger partial charge in [0.1, 0.15) is 11.6 Å². The summed E-state index contributed by atoms with van der Waals surface area (Å²) in [6.07, 6.45) is 0. The number of carbonyl (C=O) groups excluding carboxylic acids is 1. The van der Waals surface area contributed by atoms with Gasteiger partial charge in [-0.1, -0.05) is 41.6 Å². The third kappa shape index (κ3) is 5.59. The van der Waals surface area contributed by atoms with Crippen molar-refractivity contribution in [2.24, 2.45) is 0 Å². The molecule has 3 aromatic carbocycles. The number of nitrogens with zero attached hydrogens (tertiary/aromatic N) is 3. The number of ether oxygens (including phenoxy) is 1. The summed E-state index contributed by atoms with van der Waals surface area (Å²) in [6.45, 7) is 2.22. The van der Waals surface area contributed by atoms with Crippen LogP contribution >= 0.6 is 11.8 Å². The lowest BCUT2D eigenvalue weighted by Crippen LogP contribution is -2.24. The summed E-state index contributed by atoms with van der Waals surface area (Å²) in [4.78, 5) is 12.6. The molecular formula is C25H23FN4O2S. The van der Waals surface area contributed by atoms with Gasteiger partial charge in [-0.2, -0.15) is 0 Å². The van der Waals surface area contributed by atoms with Gasteiger partial charge in [0.05, 0.1) is 13.7 Å². The van der Waals surface area contributed by atoms with Crippen LogP contribution in [0.5, 0.6) is 5.75 Å². The molecular weight excluding hydrogens is 439 g/mol. The average Bonchev–Trinajstić information content (AvgIpc) is 3.24. The van der Waals surface area contributed by atoms with Crippen molar-refractivity contribution < 1.29 is 13.9 Å². The van der Waals surface area contributed by atoms with Crippen LogP contribution in [0.4, 0.5) is 4.39 Å². The molecule has 0 saturated carbocycles. The molecule has 0 atom stereocenters. The Bertz CT molecular complexity index is 1240. The molecule has 0 aliphatic heterocycles. The lowest BCUT2D eigenvalue weighted by atomic mass is 10.2. The second-order valence-electron chi connectivity index (χ2n) is 7.40. The maximum atomic E-state index is 13.5. The lowest BCUT2D eigenvalue weighted by molar-refractivity contribution is 0.0949. The van der Waals surface area contributed by atoms with Crippen LogP contribution in [0.1, 0.15) is 27.3 Å². The van der Waals surface area contributed by atoms with Crippen LogP contribution in [0.15, 0.2) is 78.0 Å². The molecule has 0 saturated heterocycles. The van der Waals surface area contributed by atoms with Gasteiger partial charge in [0.2, 0.25) is 0 Å². The molecule has 4 aromatic rings. The molecule has 1 heterocycles. The zero-order valence-corrected chi connectivity index (χ0v) is 19.1. The van der Waals surface area contributed by atoms with Gasteiger partial charge in [-0.3, -0.25) is 9.36 Å². The molecule has 1 amide bonds. The predicted octanol–water partition coefficient (Wildman–Crippen LogP) is 4.95. The van der Waals surface area contributed by atoms with Crippen LogP contribution in [-0.2, 0) is 12.3 Å². The minimum atomic E-state index is -0.324. The largest absolute Gasteiger partial charge is 0.497 e. The van der Waals surface area contributed by atoms with Crippen molar-refractivity contribution in [3.63, 3.8) is 0 Å². The smallest absolute Gasteiger partial charge is 0.251 e. The molecule has 6 nitrogen and oxygen atoms in total. The Morgan fingerprint density at radius 1 is 1.06 bits per heavy atom. The fourth-order valence-electron chi connectivity index (χ4n) is 3.31. The van der Waals surface area contributed by atoms with Gasteiger partial charge >= 0.3 is 0 Å². The van der Waals surface area contributed by atoms with Crippen molar-refractivity contribution in [3.05, 3.63) is 101 Å². The molecule has 1 aromatic heterocycles. The first-order chi connectivity index (χ1) is 16.0. The van der Waals surface area contributed by atoms with Gasteiger partial charge in [0.25, 0.3) is 5.91 Å². The van der Waals surface area contributed by atoms with Crippen LogP contribution in [0.25, 0.3) is 5.69 Å². The Hall–Kier alpha value is -3.65. The van der Waals surface area contributed by atoms with Crippen molar-refractivity contribution in [2.45, 2.75) is 24.4 Å². The van der Waals surface area contributed by atoms with E-state index in [2.05, 4.69) is 40.6 Å². The zero-order chi connectivity index (χ0) is 23.2. The predicted molar refractivity (Wildman–Crippen MR) is 126 cm³/mol. The van der Waals surface area contributed by atoms with Gasteiger partial charge < -0.3 is 10.1 Å². The van der Waals surface area contributed by atoms with E-state index >= 15 is 0 Å². The monoisotopic (exact) mass is 462 g/mol. The number of hydrogen-bond donors (Lipinski definition) is 1. The number of halogens is 1. The number of rotatable bonds is 8. The lowest BCUT2D eigenvalue weighted by Gasteiger charge is -2.11. The van der Waals surface area contributed by atoms with Crippen molar-refractivity contribution in [2.75, 3.05) is 7.11 Å². The number of amides is 1. The van der Waals surface area contributed by atoms with E-state index in [4.69, 9.17) is 4.74 Å². The summed E-state index contributed by atoms with van der Waals surface area (Å²) in [6, 6.07) is 21.3. The number of aryl methyl sites for hydroxylation is 1. The summed E-state index contributed by atoms with van der Waals surface area (Å²) in [5, 5.41) is 12.2. The Balaban J connectivity index is 1.55. The molecule has 0 fully saturated rings. The second-order valence-corrected chi connectivity index (χ2v) is 8.34. The fourth-order valence-corrected chi connectivity index (χ4v) is 4.23. The Morgan fingerprint density at radius 2 is 1.82 bits per heavy atom. The molecule has 168 valence electrons. The number of benzene rings is 3. The first-order valence-corrected chi connectivity index (χ1v) is 11.3. The quantitative estimate of drug-likeness (QED) is 0.376. The summed E-state index contributed by atoms with van der Waals surface area (Å²) in [5.74, 6) is 1.38. The van der Waals surface area contributed by atoms with E-state index in [0.717, 1.165) is 5.69 Å². The van der Waals surface area contributed by atoms with Crippen molar-refractivity contribution in [1.29, 1.82) is 0 Å². The van der Waals surface area contributed by atoms with Crippen molar-refractivity contribution in [3.8, 4) is 11.4 Å². The molecule has 0 aliphatic carbocycles. The van der Waals surface area contributed by atoms with Crippen LogP contribution < -0.4 is 10.1 Å². The van der Waals surface area contributed by atoms with E-state index in [1.54, 1.807) is 43.5 Å². The Kier molecular flexibility index (Phi) is 7.04. The number of aromatic nitrogens is 3. The summed E-state index contributed by atoms with van der Waals surface area (Å²) in [7, 11) is 1.58. The molecule has 0 unspecified atom stereocenters. The van der Waals surface area contributed by atoms with Gasteiger partial charge in [-0.15, -0.1) is 10.2 Å². The maximum Gasteiger partial charge on any atom is 0.251 e. The Labute approximate surface area is 195 Å². The van der Waals surface area contributed by atoms with E-state index in [0.29, 0.717) is 28.0 Å². The summed E-state index contributed by atoms with van der Waals surface area (Å²) >= 11 is 1.53. The highest BCUT2D eigenvalue weighted by molar-refractivity contribution is 7.98. The summed E-state index contributed by atoms with van der Waals surface area (Å²) < 4.78 is 20.5. The van der Waals surface area contributed by atoms with Gasteiger partial charge in [-0.25, -0.2) is 4.39 Å². The third-order valence-corrected chi connectivity index (χ3v) is 5.99. The van der Waals surface area contributed by atoms with Crippen LogP contribution in [0.3, 0.4) is 0 Å².